The van der Waals surface area contributed by atoms with Gasteiger partial charge in [0.05, 0.1) is 12.4 Å². The van der Waals surface area contributed by atoms with Crippen molar-refractivity contribution in [1.29, 1.82) is 0 Å². The van der Waals surface area contributed by atoms with Crippen molar-refractivity contribution < 1.29 is 29.4 Å². The summed E-state index contributed by atoms with van der Waals surface area (Å²) < 4.78 is 0. The second-order valence-electron chi connectivity index (χ2n) is 9.89. The molecule has 0 aliphatic carbocycles. The number of carbonyl (C=O) groups is 4. The normalized spacial score (nSPS) is 13.9. The minimum Gasteiger partial charge on any atom is -0.508 e. The summed E-state index contributed by atoms with van der Waals surface area (Å²) in [7, 11) is 0. The van der Waals surface area contributed by atoms with E-state index in [4.69, 9.17) is 17.2 Å². The largest absolute Gasteiger partial charge is 0.508 e. The Morgan fingerprint density at radius 3 is 2.07 bits per heavy atom. The molecule has 1 aromatic carbocycles. The second-order valence-corrected chi connectivity index (χ2v) is 9.89. The van der Waals surface area contributed by atoms with E-state index in [1.807, 2.05) is 0 Å². The number of carboxylic acids is 1. The van der Waals surface area contributed by atoms with Crippen molar-refractivity contribution in [2.75, 3.05) is 6.54 Å². The minimum atomic E-state index is -1.27. The van der Waals surface area contributed by atoms with Gasteiger partial charge in [-0.3, -0.25) is 19.4 Å². The summed E-state index contributed by atoms with van der Waals surface area (Å²) in [5.74, 6) is -3.58. The fraction of sp³-hybridized carbons (Fsp3) is 0.462. The minimum absolute atomic E-state index is 0.0307. The Kier molecular flexibility index (Phi) is 12.6. The molecule has 0 aliphatic heterocycles. The van der Waals surface area contributed by atoms with Crippen molar-refractivity contribution >= 4 is 29.7 Å². The van der Waals surface area contributed by atoms with Gasteiger partial charge in [0.1, 0.15) is 23.9 Å². The molecule has 0 spiro atoms. The number of nitrogens with two attached hydrogens (primary N) is 3. The number of guanidine groups is 1. The Morgan fingerprint density at radius 1 is 0.951 bits per heavy atom. The number of amides is 3. The molecule has 0 bridgehead atoms. The first-order valence-corrected chi connectivity index (χ1v) is 13.1. The SMILES string of the molecule is CC(C)C(N)C(=O)NC(Cc1ccc(O)cc1)C(=O)NC(Cc1cnc[nH]1)C(=O)NC(CCCN=C(N)N)C(=O)O. The van der Waals surface area contributed by atoms with Crippen LogP contribution in [-0.2, 0) is 32.0 Å². The van der Waals surface area contributed by atoms with E-state index in [2.05, 4.69) is 30.9 Å². The number of nitrogens with zero attached hydrogens (tertiary/aromatic N) is 2. The molecule has 0 saturated heterocycles. The zero-order valence-electron chi connectivity index (χ0n) is 23.0. The molecule has 0 saturated carbocycles. The average Bonchev–Trinajstić information content (AvgIpc) is 3.43. The van der Waals surface area contributed by atoms with E-state index in [1.165, 1.54) is 24.7 Å². The van der Waals surface area contributed by atoms with E-state index >= 15 is 0 Å². The standard InChI is InChI=1S/C26H39N9O6/c1-14(2)21(27)24(39)35-19(10-15-5-7-17(36)8-6-15)22(37)34-20(11-16-12-30-13-32-16)23(38)33-18(25(40)41)4-3-9-31-26(28)29/h5-8,12-14,18-21,36H,3-4,9-11,27H2,1-2H3,(H,30,32)(H,33,38)(H,34,37)(H,35,39)(H,40,41)(H4,28,29,31). The molecule has 224 valence electrons. The van der Waals surface area contributed by atoms with Crippen LogP contribution in [0.15, 0.2) is 41.8 Å². The number of phenolic OH excluding ortho intramolecular Hbond substituents is 1. The van der Waals surface area contributed by atoms with Crippen molar-refractivity contribution in [3.8, 4) is 5.75 Å². The molecule has 1 aromatic heterocycles. The number of aliphatic imine (C=N–C) groups is 1. The average molecular weight is 574 g/mol. The highest BCUT2D eigenvalue weighted by molar-refractivity contribution is 5.94. The predicted molar refractivity (Wildman–Crippen MR) is 150 cm³/mol. The van der Waals surface area contributed by atoms with Crippen molar-refractivity contribution in [2.45, 2.75) is 63.7 Å². The zero-order valence-corrected chi connectivity index (χ0v) is 23.0. The monoisotopic (exact) mass is 573 g/mol. The van der Waals surface area contributed by atoms with E-state index in [-0.39, 0.29) is 49.9 Å². The number of aromatic amines is 1. The van der Waals surface area contributed by atoms with Gasteiger partial charge < -0.3 is 48.3 Å². The Hall–Kier alpha value is -4.66. The van der Waals surface area contributed by atoms with Crippen LogP contribution in [-0.4, -0.2) is 80.5 Å². The summed E-state index contributed by atoms with van der Waals surface area (Å²) >= 11 is 0. The molecule has 4 unspecified atom stereocenters. The van der Waals surface area contributed by atoms with Crippen LogP contribution in [0.2, 0.25) is 0 Å². The third kappa shape index (κ3) is 11.2. The van der Waals surface area contributed by atoms with Gasteiger partial charge in [-0.25, -0.2) is 9.78 Å². The summed E-state index contributed by atoms with van der Waals surface area (Å²) in [5.41, 5.74) is 17.7. The molecular weight excluding hydrogens is 534 g/mol. The van der Waals surface area contributed by atoms with Gasteiger partial charge in [-0.1, -0.05) is 26.0 Å². The summed E-state index contributed by atoms with van der Waals surface area (Å²) in [6.45, 7) is 3.70. The van der Waals surface area contributed by atoms with E-state index < -0.39 is 47.9 Å². The Bertz CT molecular complexity index is 1180. The number of benzene rings is 1. The van der Waals surface area contributed by atoms with Crippen LogP contribution in [0, 0.1) is 5.92 Å². The van der Waals surface area contributed by atoms with Crippen LogP contribution in [0.4, 0.5) is 0 Å². The lowest BCUT2D eigenvalue weighted by molar-refractivity contribution is -0.142. The number of H-pyrrole nitrogens is 1. The van der Waals surface area contributed by atoms with Gasteiger partial charge in [0, 0.05) is 31.3 Å². The van der Waals surface area contributed by atoms with Gasteiger partial charge in [-0.2, -0.15) is 0 Å². The van der Waals surface area contributed by atoms with Gasteiger partial charge in [0.25, 0.3) is 0 Å². The number of phenols is 1. The first-order valence-electron chi connectivity index (χ1n) is 13.1. The van der Waals surface area contributed by atoms with Crippen molar-refractivity contribution in [3.63, 3.8) is 0 Å². The Labute approximate surface area is 237 Å². The molecule has 41 heavy (non-hydrogen) atoms. The molecule has 12 N–H and O–H groups in total. The summed E-state index contributed by atoms with van der Waals surface area (Å²) in [5, 5.41) is 27.0. The molecule has 4 atom stereocenters. The van der Waals surface area contributed by atoms with E-state index in [9.17, 15) is 29.4 Å². The van der Waals surface area contributed by atoms with Gasteiger partial charge in [-0.15, -0.1) is 0 Å². The lowest BCUT2D eigenvalue weighted by atomic mass is 10.0. The predicted octanol–water partition coefficient (Wildman–Crippen LogP) is -1.52. The number of hydrogen-bond acceptors (Lipinski definition) is 8. The second kappa shape index (κ2) is 15.8. The first kappa shape index (κ1) is 32.6. The van der Waals surface area contributed by atoms with Gasteiger partial charge in [0.2, 0.25) is 17.7 Å². The van der Waals surface area contributed by atoms with Crippen LogP contribution < -0.4 is 33.2 Å². The number of carbonyl (C=O) groups excluding carboxylic acids is 3. The summed E-state index contributed by atoms with van der Waals surface area (Å²) in [6.07, 6.45) is 3.18. The number of imidazole rings is 1. The van der Waals surface area contributed by atoms with Crippen LogP contribution >= 0.6 is 0 Å². The smallest absolute Gasteiger partial charge is 0.326 e. The lowest BCUT2D eigenvalue weighted by Gasteiger charge is -2.26. The molecule has 3 amide bonds. The van der Waals surface area contributed by atoms with E-state index in [0.717, 1.165) is 0 Å². The number of hydrogen-bond donors (Lipinski definition) is 9. The number of aliphatic carboxylic acids is 1. The Morgan fingerprint density at radius 2 is 1.54 bits per heavy atom. The van der Waals surface area contributed by atoms with Gasteiger partial charge in [-0.05, 0) is 36.5 Å². The molecule has 2 rings (SSSR count). The number of aromatic nitrogens is 2. The van der Waals surface area contributed by atoms with Crippen LogP contribution in [0.3, 0.4) is 0 Å². The van der Waals surface area contributed by atoms with Crippen molar-refractivity contribution in [1.82, 2.24) is 25.9 Å². The maximum Gasteiger partial charge on any atom is 0.326 e. The molecule has 15 heteroatoms. The van der Waals surface area contributed by atoms with Crippen LogP contribution in [0.1, 0.15) is 37.9 Å². The molecular formula is C26H39N9O6. The highest BCUT2D eigenvalue weighted by Crippen LogP contribution is 2.12. The topological polar surface area (TPSA) is 264 Å². The fourth-order valence-electron chi connectivity index (χ4n) is 3.78. The van der Waals surface area contributed by atoms with Crippen molar-refractivity contribution in [2.24, 2.45) is 28.1 Å². The molecule has 1 heterocycles. The Balaban J connectivity index is 2.25. The number of rotatable bonds is 16. The molecule has 0 fully saturated rings. The summed E-state index contributed by atoms with van der Waals surface area (Å²) in [6, 6.07) is 1.57. The lowest BCUT2D eigenvalue weighted by Crippen LogP contribution is -2.58. The van der Waals surface area contributed by atoms with E-state index in [1.54, 1.807) is 26.0 Å². The third-order valence-electron chi connectivity index (χ3n) is 6.20. The van der Waals surface area contributed by atoms with Crippen molar-refractivity contribution in [3.05, 3.63) is 48.0 Å². The maximum atomic E-state index is 13.5. The summed E-state index contributed by atoms with van der Waals surface area (Å²) in [4.78, 5) is 61.9. The molecule has 0 aliphatic rings. The fourth-order valence-corrected chi connectivity index (χ4v) is 3.78. The molecule has 2 aromatic rings. The van der Waals surface area contributed by atoms with Crippen LogP contribution in [0.5, 0.6) is 5.75 Å². The zero-order chi connectivity index (χ0) is 30.5. The number of aromatic hydroxyl groups is 1. The molecule has 15 nitrogen and oxygen atoms in total. The highest BCUT2D eigenvalue weighted by Gasteiger charge is 2.31. The maximum absolute atomic E-state index is 13.5. The third-order valence-corrected chi connectivity index (χ3v) is 6.20. The number of carboxylic acid groups (broad SMARTS) is 1. The van der Waals surface area contributed by atoms with Gasteiger partial charge in [0.15, 0.2) is 5.96 Å². The highest BCUT2D eigenvalue weighted by atomic mass is 16.4. The van der Waals surface area contributed by atoms with Crippen LogP contribution in [0.25, 0.3) is 0 Å². The van der Waals surface area contributed by atoms with E-state index in [0.29, 0.717) is 11.3 Å². The van der Waals surface area contributed by atoms with Gasteiger partial charge >= 0.3 is 5.97 Å². The quantitative estimate of drug-likeness (QED) is 0.0635. The first-order chi connectivity index (χ1) is 19.4. The molecule has 0 radical (unpaired) electrons. The number of nitrogens with one attached hydrogen (secondary N) is 4.